The molecule has 42 nitrogen and oxygen atoms in total. The second kappa shape index (κ2) is 33.0. The average Bonchev–Trinajstić information content (AvgIpc) is 1.16. The molecule has 2 saturated carbocycles. The van der Waals surface area contributed by atoms with Gasteiger partial charge in [-0.3, -0.25) is 0 Å². The summed E-state index contributed by atoms with van der Waals surface area (Å²) in [6, 6.07) is -5.69. The summed E-state index contributed by atoms with van der Waals surface area (Å²) in [5.41, 5.74) is 73.8. The summed E-state index contributed by atoms with van der Waals surface area (Å²) >= 11 is 0. The molecule has 38 atom stereocenters. The van der Waals surface area contributed by atoms with Crippen LogP contribution in [0.1, 0.15) is 12.8 Å². The highest BCUT2D eigenvalue weighted by Crippen LogP contribution is 2.38. The predicted molar refractivity (Wildman–Crippen MR) is 323 cm³/mol. The van der Waals surface area contributed by atoms with Crippen molar-refractivity contribution in [2.75, 3.05) is 49.9 Å². The lowest BCUT2D eigenvalue weighted by atomic mass is 9.84. The number of carbonyl (C=O) groups excluding carboxylic acids is 2. The minimum Gasteiger partial charge on any atom is -0.389 e. The van der Waals surface area contributed by atoms with Crippen LogP contribution in [-0.4, -0.2) is 345 Å². The molecule has 40 N–H and O–H groups in total. The van der Waals surface area contributed by atoms with E-state index < -0.39 is 258 Å². The van der Waals surface area contributed by atoms with E-state index in [0.29, 0.717) is 0 Å². The number of hydrogen-bond donors (Lipinski definition) is 28. The van der Waals surface area contributed by atoms with Gasteiger partial charge in [0.25, 0.3) is 0 Å². The van der Waals surface area contributed by atoms with Gasteiger partial charge in [0, 0.05) is 74.8 Å². The molecule has 42 heteroatoms. The Morgan fingerprint density at radius 1 is 0.354 bits per heavy atom. The van der Waals surface area contributed by atoms with E-state index in [4.69, 9.17) is 126 Å². The molecule has 8 fully saturated rings. The Balaban J connectivity index is 0.863. The van der Waals surface area contributed by atoms with Gasteiger partial charge in [0.2, 0.25) is 0 Å². The molecule has 96 heavy (non-hydrogen) atoms. The van der Waals surface area contributed by atoms with Gasteiger partial charge in [0.05, 0.1) is 36.4 Å². The molecule has 6 heterocycles. The zero-order valence-corrected chi connectivity index (χ0v) is 51.9. The van der Waals surface area contributed by atoms with Crippen LogP contribution in [0.4, 0.5) is 21.0 Å². The van der Waals surface area contributed by atoms with E-state index in [0.717, 1.165) is 0 Å². The Bertz CT molecular complexity index is 2490. The van der Waals surface area contributed by atoms with Crippen molar-refractivity contribution in [2.24, 2.45) is 68.8 Å². The van der Waals surface area contributed by atoms with Crippen molar-refractivity contribution < 1.29 is 128 Å². The molecule has 0 spiro atoms. The zero-order valence-electron chi connectivity index (χ0n) is 51.9. The summed E-state index contributed by atoms with van der Waals surface area (Å²) in [6.07, 6.45) is -45.1. The van der Waals surface area contributed by atoms with Gasteiger partial charge in [-0.2, -0.15) is 0 Å². The number of rotatable bonds is 22. The number of urea groups is 2. The summed E-state index contributed by atoms with van der Waals surface area (Å²) in [4.78, 5) is 27.4. The van der Waals surface area contributed by atoms with Gasteiger partial charge in [0.1, 0.15) is 134 Å². The first-order valence-electron chi connectivity index (χ1n) is 31.6. The Kier molecular flexibility index (Phi) is 26.3. The van der Waals surface area contributed by atoms with E-state index in [-0.39, 0.29) is 50.4 Å². The van der Waals surface area contributed by atoms with Gasteiger partial charge in [0.15, 0.2) is 37.7 Å². The van der Waals surface area contributed by atoms with Gasteiger partial charge in [-0.05, 0) is 31.0 Å². The Labute approximate surface area is 548 Å². The van der Waals surface area contributed by atoms with Crippen molar-refractivity contribution in [3.8, 4) is 0 Å². The summed E-state index contributed by atoms with van der Waals surface area (Å²) < 4.78 is 72.5. The van der Waals surface area contributed by atoms with Crippen LogP contribution >= 0.6 is 0 Å². The Morgan fingerprint density at radius 3 is 0.917 bits per heavy atom. The van der Waals surface area contributed by atoms with E-state index >= 15 is 0 Å². The van der Waals surface area contributed by atoms with Crippen LogP contribution < -0.4 is 90.1 Å². The van der Waals surface area contributed by atoms with Crippen molar-refractivity contribution in [1.82, 2.24) is 10.6 Å². The zero-order chi connectivity index (χ0) is 70.0. The van der Waals surface area contributed by atoms with Gasteiger partial charge in [-0.1, -0.05) is 6.07 Å². The normalized spacial score (nSPS) is 48.5. The third-order valence-electron chi connectivity index (χ3n) is 18.7. The number of anilines is 2. The number of aliphatic hydroxyl groups excluding tert-OH is 12. The monoisotopic (exact) mass is 1390 g/mol. The highest BCUT2D eigenvalue weighted by molar-refractivity contribution is 5.92. The minimum absolute atomic E-state index is 0.0319. The smallest absolute Gasteiger partial charge is 0.319 e. The summed E-state index contributed by atoms with van der Waals surface area (Å²) in [5, 5.41) is 142. The Morgan fingerprint density at radius 2 is 0.625 bits per heavy atom. The van der Waals surface area contributed by atoms with Crippen LogP contribution in [0.5, 0.6) is 0 Å². The molecule has 1 aromatic carbocycles. The molecule has 21 unspecified atom stereocenters. The number of ether oxygens (including phenoxy) is 12. The number of hydrogen-bond acceptors (Lipinski definition) is 38. The summed E-state index contributed by atoms with van der Waals surface area (Å²) in [6.45, 7) is -2.07. The van der Waals surface area contributed by atoms with E-state index in [2.05, 4.69) is 21.3 Å². The van der Waals surface area contributed by atoms with E-state index in [1.165, 1.54) is 24.3 Å². The third-order valence-corrected chi connectivity index (χ3v) is 18.7. The summed E-state index contributed by atoms with van der Waals surface area (Å²) in [5.74, 6) is 0. The quantitative estimate of drug-likeness (QED) is 0.0513. The third kappa shape index (κ3) is 16.6. The number of nitrogens with two attached hydrogens (primary N) is 12. The second-order valence-electron chi connectivity index (χ2n) is 25.4. The fraction of sp³-hybridized carbons (Fsp3) is 0.852. The van der Waals surface area contributed by atoms with Crippen LogP contribution in [0.25, 0.3) is 0 Å². The molecule has 4 amide bonds. The molecular weight excluding hydrogens is 1290 g/mol. The number of benzene rings is 1. The average molecular weight is 1390 g/mol. The largest absolute Gasteiger partial charge is 0.389 e. The molecular formula is C54H98N16O26. The van der Waals surface area contributed by atoms with E-state index in [9.17, 15) is 70.9 Å². The van der Waals surface area contributed by atoms with Crippen LogP contribution in [0.3, 0.4) is 0 Å². The first-order valence-corrected chi connectivity index (χ1v) is 31.6. The highest BCUT2D eigenvalue weighted by Gasteiger charge is 2.58. The minimum atomic E-state index is -1.83. The van der Waals surface area contributed by atoms with Gasteiger partial charge >= 0.3 is 12.1 Å². The first-order chi connectivity index (χ1) is 45.5. The maximum Gasteiger partial charge on any atom is 0.319 e. The second-order valence-corrected chi connectivity index (χ2v) is 25.4. The molecule has 0 radical (unpaired) electrons. The number of aliphatic hydroxyl groups is 12. The maximum absolute atomic E-state index is 13.7. The molecule has 550 valence electrons. The predicted octanol–water partition coefficient (Wildman–Crippen LogP) is -15.8. The molecule has 2 aliphatic carbocycles. The van der Waals surface area contributed by atoms with Crippen LogP contribution in [0, 0.1) is 0 Å². The topological polar surface area (TPSA) is 748 Å². The summed E-state index contributed by atoms with van der Waals surface area (Å²) in [7, 11) is 0. The molecule has 1 aromatic rings. The van der Waals surface area contributed by atoms with E-state index in [1.54, 1.807) is 0 Å². The maximum atomic E-state index is 13.7. The van der Waals surface area contributed by atoms with Crippen LogP contribution in [0.2, 0.25) is 0 Å². The fourth-order valence-electron chi connectivity index (χ4n) is 12.9. The van der Waals surface area contributed by atoms with Gasteiger partial charge in [-0.25, -0.2) is 9.59 Å². The van der Waals surface area contributed by atoms with Crippen molar-refractivity contribution in [1.29, 1.82) is 0 Å². The van der Waals surface area contributed by atoms with Crippen molar-refractivity contribution in [2.45, 2.75) is 245 Å². The molecule has 6 aliphatic heterocycles. The number of nitrogens with one attached hydrogen (secondary N) is 4. The van der Waals surface area contributed by atoms with Crippen LogP contribution in [0.15, 0.2) is 24.3 Å². The van der Waals surface area contributed by atoms with Crippen LogP contribution in [-0.2, 0) is 56.8 Å². The van der Waals surface area contributed by atoms with Crippen molar-refractivity contribution in [3.63, 3.8) is 0 Å². The molecule has 0 bridgehead atoms. The standard InChI is InChI=1S/C54H98N16O26/c55-7-19-31(73)35(77)25(63)47(85-19)91-41-17(61)5-15(59)29(71)45(41)95-51-39(81)43(93-49-27(65)37(79)33(75)21(9-57)87-49)23(89-51)11-67-53(83)69-13-2-1-3-14(4-13)70-54(84)68-12-24-44(94-50-28(66)38(80)34(76)22(10-58)88-50)40(82)52(90-24)96-46-30(72)16(60)6-18(62)42(46)92-48-26(64)36(78)32(74)20(8-56)86-48/h1-4,15-52,71-82H,5-12,55-66H2,(H2,67,69,83)(H2,68,70,84)/t15-,16+,17?,18?,19?,20?,21+,22-,23-,24-,25?,26?,27?,28?,29?,30+,31?,32?,33?,34?,35-,36-,37?,38?,39+,40?,41?,42?,43?,44?,45-,46?,47-,48+,49-,50+,51+,52+/m1/s1. The highest BCUT2D eigenvalue weighted by atomic mass is 16.8. The van der Waals surface area contributed by atoms with Gasteiger partial charge in [-0.15, -0.1) is 0 Å². The molecule has 8 aliphatic rings. The lowest BCUT2D eigenvalue weighted by Crippen LogP contribution is -2.68. The van der Waals surface area contributed by atoms with E-state index in [1.807, 2.05) is 0 Å². The fourth-order valence-corrected chi connectivity index (χ4v) is 12.9. The molecule has 9 rings (SSSR count). The first kappa shape index (κ1) is 76.5. The van der Waals surface area contributed by atoms with Crippen molar-refractivity contribution in [3.05, 3.63) is 24.3 Å². The number of carbonyl (C=O) groups is 2. The lowest BCUT2D eigenvalue weighted by molar-refractivity contribution is -0.306. The SMILES string of the molecule is NCC1O[C@H](OC2C(N)C[C@@H](N)C(O)[C@H]2O[C@@H]2O[C@H](CNC(=O)Nc3cccc(NC(=O)NC[C@H]4O[C@@H](OC5C(O[C@@H]6OC(CN)C(O)[C@H](O)C6N)C(N)C[C@H](N)[C@@H]5O)C(O)C4O[C@@H]4O[C@H](CN)C(O)C(O)C4N)c3)C(O[C@H]3O[C@@H](CN)C(O)C(O)C3N)[C@@H]2O)C(N)[C@@H](O)C1O. The molecule has 0 aromatic heterocycles. The van der Waals surface area contributed by atoms with Gasteiger partial charge < -0.3 is 208 Å². The number of amides is 4. The van der Waals surface area contributed by atoms with Crippen molar-refractivity contribution >= 4 is 23.4 Å². The molecule has 6 saturated heterocycles. The lowest BCUT2D eigenvalue weighted by Gasteiger charge is -2.47. The Hall–Kier alpha value is -3.68.